The third-order valence-electron chi connectivity index (χ3n) is 6.91. The van der Waals surface area contributed by atoms with E-state index in [1.54, 1.807) is 25.1 Å². The van der Waals surface area contributed by atoms with E-state index in [2.05, 4.69) is 0 Å². The lowest BCUT2D eigenvalue weighted by molar-refractivity contribution is -0.453. The van der Waals surface area contributed by atoms with Gasteiger partial charge in [-0.1, -0.05) is 11.6 Å². The second-order valence-electron chi connectivity index (χ2n) is 9.70. The maximum atomic E-state index is 14.9. The fourth-order valence-corrected chi connectivity index (χ4v) is 4.50. The van der Waals surface area contributed by atoms with E-state index in [4.69, 9.17) is 8.83 Å². The van der Waals surface area contributed by atoms with Gasteiger partial charge in [0.1, 0.15) is 22.3 Å². The predicted molar refractivity (Wildman–Crippen MR) is 120 cm³/mol. The Morgan fingerprint density at radius 1 is 0.419 bits per heavy atom. The molecule has 0 aliphatic carbocycles. The summed E-state index contributed by atoms with van der Waals surface area (Å²) in [6.45, 7) is 1.76. The van der Waals surface area contributed by atoms with Crippen molar-refractivity contribution in [2.75, 3.05) is 0 Å². The third-order valence-corrected chi connectivity index (χ3v) is 6.91. The van der Waals surface area contributed by atoms with Gasteiger partial charge < -0.3 is 8.83 Å². The molecule has 0 aliphatic rings. The molecule has 0 unspecified atom stereocenters. The van der Waals surface area contributed by atoms with Crippen LogP contribution in [0.4, 0.5) is 65.9 Å². The van der Waals surface area contributed by atoms with Crippen molar-refractivity contribution in [2.45, 2.75) is 48.6 Å². The predicted octanol–water partition coefficient (Wildman–Crippen LogP) is 10.6. The van der Waals surface area contributed by atoms with Gasteiger partial charge in [-0.05, 0) is 49.4 Å². The van der Waals surface area contributed by atoms with Crippen LogP contribution in [0, 0.1) is 6.92 Å². The van der Waals surface area contributed by atoms with Gasteiger partial charge in [0.15, 0.2) is 0 Å². The molecular weight excluding hydrogens is 629 g/mol. The molecule has 232 valence electrons. The SMILES string of the molecule is Cc1ccc2oc3cc4c(cc3c2c1)oc1ccc(C(F)(F)C(F)(F)C(F)(F)C(F)(F)C(F)(F)C(F)(F)C(F)(F)F)cc14. The molecule has 2 heterocycles. The molecule has 43 heavy (non-hydrogen) atoms. The Hall–Kier alpha value is -3.79. The summed E-state index contributed by atoms with van der Waals surface area (Å²) in [6, 6.07) is 8.10. The quantitative estimate of drug-likeness (QED) is 0.173. The zero-order valence-electron chi connectivity index (χ0n) is 20.6. The van der Waals surface area contributed by atoms with Crippen LogP contribution in [0.15, 0.2) is 57.4 Å². The van der Waals surface area contributed by atoms with Gasteiger partial charge in [-0.15, -0.1) is 0 Å². The monoisotopic (exact) mass is 640 g/mol. The van der Waals surface area contributed by atoms with E-state index in [9.17, 15) is 65.9 Å². The van der Waals surface area contributed by atoms with E-state index >= 15 is 0 Å². The van der Waals surface area contributed by atoms with E-state index in [1.807, 2.05) is 0 Å². The molecule has 0 fully saturated rings. The Balaban J connectivity index is 1.64. The van der Waals surface area contributed by atoms with Crippen LogP contribution in [-0.2, 0) is 5.92 Å². The van der Waals surface area contributed by atoms with Gasteiger partial charge in [-0.25, -0.2) is 0 Å². The minimum absolute atomic E-state index is 0.0296. The van der Waals surface area contributed by atoms with Gasteiger partial charge in [0.2, 0.25) is 0 Å². The largest absolute Gasteiger partial charge is 0.460 e. The molecule has 2 aromatic heterocycles. The summed E-state index contributed by atoms with van der Waals surface area (Å²) in [4.78, 5) is 0. The third kappa shape index (κ3) is 3.84. The second kappa shape index (κ2) is 8.65. The molecule has 2 nitrogen and oxygen atoms in total. The van der Waals surface area contributed by atoms with E-state index in [0.29, 0.717) is 22.4 Å². The Morgan fingerprint density at radius 3 is 1.30 bits per heavy atom. The highest BCUT2D eigenvalue weighted by molar-refractivity contribution is 6.14. The number of hydrogen-bond donors (Lipinski definition) is 0. The zero-order valence-corrected chi connectivity index (χ0v) is 20.6. The number of aryl methyl sites for hydroxylation is 1. The zero-order chi connectivity index (χ0) is 32.3. The van der Waals surface area contributed by atoms with Crippen LogP contribution < -0.4 is 0 Å². The van der Waals surface area contributed by atoms with Crippen molar-refractivity contribution in [2.24, 2.45) is 0 Å². The highest BCUT2D eigenvalue weighted by atomic mass is 19.4. The highest BCUT2D eigenvalue weighted by Crippen LogP contribution is 2.63. The van der Waals surface area contributed by atoms with Crippen LogP contribution in [0.25, 0.3) is 43.9 Å². The molecule has 3 aromatic carbocycles. The van der Waals surface area contributed by atoms with Crippen molar-refractivity contribution in [1.82, 2.24) is 0 Å². The first kappa shape index (κ1) is 30.7. The van der Waals surface area contributed by atoms with Crippen LogP contribution in [0.1, 0.15) is 11.1 Å². The molecule has 5 rings (SSSR count). The van der Waals surface area contributed by atoms with Crippen LogP contribution in [0.3, 0.4) is 0 Å². The maximum absolute atomic E-state index is 14.9. The molecule has 0 saturated carbocycles. The molecule has 0 spiro atoms. The van der Waals surface area contributed by atoms with E-state index in [-0.39, 0.29) is 34.3 Å². The number of fused-ring (bicyclic) bond motifs is 6. The van der Waals surface area contributed by atoms with Gasteiger partial charge >= 0.3 is 41.7 Å². The lowest BCUT2D eigenvalue weighted by atomic mass is 9.88. The first-order valence-corrected chi connectivity index (χ1v) is 11.5. The minimum Gasteiger partial charge on any atom is -0.456 e. The van der Waals surface area contributed by atoms with Crippen LogP contribution in [0.5, 0.6) is 0 Å². The van der Waals surface area contributed by atoms with Crippen molar-refractivity contribution in [1.29, 1.82) is 0 Å². The number of furan rings is 2. The lowest BCUT2D eigenvalue weighted by Gasteiger charge is -2.41. The maximum Gasteiger partial charge on any atom is 0.460 e. The molecule has 0 aliphatic heterocycles. The summed E-state index contributed by atoms with van der Waals surface area (Å²) < 4.78 is 216. The number of benzene rings is 3. The Kier molecular flexibility index (Phi) is 6.17. The average molecular weight is 640 g/mol. The van der Waals surface area contributed by atoms with Crippen LogP contribution in [0.2, 0.25) is 0 Å². The van der Waals surface area contributed by atoms with Gasteiger partial charge in [-0.2, -0.15) is 65.9 Å². The smallest absolute Gasteiger partial charge is 0.456 e. The summed E-state index contributed by atoms with van der Waals surface area (Å²) in [5.74, 6) is -47.1. The fourth-order valence-electron chi connectivity index (χ4n) is 4.50. The molecule has 0 saturated heterocycles. The lowest BCUT2D eigenvalue weighted by Crippen LogP contribution is -2.72. The van der Waals surface area contributed by atoms with Gasteiger partial charge in [0.05, 0.1) is 0 Å². The number of rotatable bonds is 6. The molecule has 0 radical (unpaired) electrons. The highest BCUT2D eigenvalue weighted by Gasteiger charge is 2.93. The summed E-state index contributed by atoms with van der Waals surface area (Å²) >= 11 is 0. The first-order valence-electron chi connectivity index (χ1n) is 11.5. The molecule has 5 aromatic rings. The van der Waals surface area contributed by atoms with Crippen molar-refractivity contribution >= 4 is 43.9 Å². The summed E-state index contributed by atoms with van der Waals surface area (Å²) in [7, 11) is 0. The number of halogens is 15. The fraction of sp³-hybridized carbons (Fsp3) is 0.308. The summed E-state index contributed by atoms with van der Waals surface area (Å²) in [5.41, 5.74) is -1.34. The minimum atomic E-state index is -8.36. The molecule has 0 bridgehead atoms. The molecule has 0 N–H and O–H groups in total. The Morgan fingerprint density at radius 2 is 0.814 bits per heavy atom. The van der Waals surface area contributed by atoms with Gasteiger partial charge in [-0.3, -0.25) is 0 Å². The average Bonchev–Trinajstić information content (AvgIpc) is 3.42. The standard InChI is InChI=1S/C26H11F15O2/c1-10-2-4-16-12(6-10)14-8-19-15(9-18(14)42-16)13-7-11(3-5-17(13)43-19)20(27,28)21(29,30)22(31,32)23(33,34)24(35,36)25(37,38)26(39,40)41/h2-9H,1H3. The molecule has 17 heteroatoms. The van der Waals surface area contributed by atoms with Crippen molar-refractivity contribution in [3.05, 3.63) is 59.7 Å². The molecule has 0 amide bonds. The van der Waals surface area contributed by atoms with Gasteiger partial charge in [0.25, 0.3) is 0 Å². The second-order valence-corrected chi connectivity index (χ2v) is 9.70. The summed E-state index contributed by atoms with van der Waals surface area (Å²) in [5, 5.41) is 0.374. The number of alkyl halides is 15. The summed E-state index contributed by atoms with van der Waals surface area (Å²) in [6.07, 6.45) is -7.66. The number of hydrogen-bond acceptors (Lipinski definition) is 2. The Bertz CT molecular complexity index is 1890. The van der Waals surface area contributed by atoms with E-state index in [1.165, 1.54) is 12.1 Å². The van der Waals surface area contributed by atoms with Crippen LogP contribution >= 0.6 is 0 Å². The van der Waals surface area contributed by atoms with Crippen molar-refractivity contribution < 1.29 is 74.7 Å². The molecule has 0 atom stereocenters. The van der Waals surface area contributed by atoms with Crippen molar-refractivity contribution in [3.8, 4) is 0 Å². The van der Waals surface area contributed by atoms with E-state index in [0.717, 1.165) is 5.56 Å². The normalized spacial score (nSPS) is 15.0. The molecular formula is C26H11F15O2. The Labute approximate surface area is 227 Å². The van der Waals surface area contributed by atoms with E-state index < -0.39 is 52.7 Å². The first-order chi connectivity index (χ1) is 19.4. The van der Waals surface area contributed by atoms with Gasteiger partial charge in [0, 0.05) is 27.1 Å². The topological polar surface area (TPSA) is 26.3 Å². The van der Waals surface area contributed by atoms with Crippen molar-refractivity contribution in [3.63, 3.8) is 0 Å². The van der Waals surface area contributed by atoms with Crippen LogP contribution in [-0.4, -0.2) is 35.8 Å².